The first kappa shape index (κ1) is 18.4. The molecule has 2 aromatic carbocycles. The maximum atomic E-state index is 12.1. The van der Waals surface area contributed by atoms with Crippen LogP contribution in [0.2, 0.25) is 0 Å². The highest BCUT2D eigenvalue weighted by atomic mass is 79.9. The van der Waals surface area contributed by atoms with E-state index in [1.165, 1.54) is 29.9 Å². The van der Waals surface area contributed by atoms with Gasteiger partial charge >= 0.3 is 0 Å². The molecule has 0 heterocycles. The molecule has 0 unspecified atom stereocenters. The molecule has 0 fully saturated rings. The number of amides is 2. The zero-order chi connectivity index (χ0) is 18.2. The predicted molar refractivity (Wildman–Crippen MR) is 96.3 cm³/mol. The number of carbonyl (C=O) groups excluding carboxylic acids is 2. The summed E-state index contributed by atoms with van der Waals surface area (Å²) in [5.41, 5.74) is 5.42. The molecular weight excluding hydrogens is 390 g/mol. The van der Waals surface area contributed by atoms with E-state index >= 15 is 0 Å². The van der Waals surface area contributed by atoms with Crippen LogP contribution in [0.15, 0.2) is 58.1 Å². The Morgan fingerprint density at radius 3 is 2.72 bits per heavy atom. The summed E-state index contributed by atoms with van der Waals surface area (Å²) in [6, 6.07) is 11.2. The molecule has 0 aromatic heterocycles. The number of rotatable bonds is 5. The monoisotopic (exact) mass is 403 g/mol. The smallest absolute Gasteiger partial charge is 0.271 e. The van der Waals surface area contributed by atoms with E-state index in [-0.39, 0.29) is 5.75 Å². The van der Waals surface area contributed by atoms with Crippen LogP contribution >= 0.6 is 15.9 Å². The molecule has 8 heteroatoms. The summed E-state index contributed by atoms with van der Waals surface area (Å²) < 4.78 is 0.720. The lowest BCUT2D eigenvalue weighted by atomic mass is 10.1. The summed E-state index contributed by atoms with van der Waals surface area (Å²) in [4.78, 5) is 23.1. The van der Waals surface area contributed by atoms with Crippen LogP contribution in [0.1, 0.15) is 21.5 Å². The Morgan fingerprint density at radius 1 is 1.16 bits per heavy atom. The van der Waals surface area contributed by atoms with E-state index in [9.17, 15) is 14.7 Å². The Kier molecular flexibility index (Phi) is 6.44. The summed E-state index contributed by atoms with van der Waals surface area (Å²) in [6.45, 7) is 0. The van der Waals surface area contributed by atoms with Crippen molar-refractivity contribution in [1.29, 1.82) is 0 Å². The van der Waals surface area contributed by atoms with Gasteiger partial charge in [-0.3, -0.25) is 14.8 Å². The molecule has 2 amide bonds. The van der Waals surface area contributed by atoms with E-state index < -0.39 is 11.8 Å². The molecule has 0 bridgehead atoms. The largest absolute Gasteiger partial charge is 0.508 e. The fraction of sp³-hybridized carbons (Fsp3) is 0. The van der Waals surface area contributed by atoms with Crippen molar-refractivity contribution >= 4 is 40.0 Å². The first-order chi connectivity index (χ1) is 12.0. The molecule has 4 N–H and O–H groups in total. The van der Waals surface area contributed by atoms with Gasteiger partial charge in [0, 0.05) is 21.7 Å². The second kappa shape index (κ2) is 8.76. The lowest BCUT2D eigenvalue weighted by molar-refractivity contribution is -0.124. The number of carbonyl (C=O) groups is 2. The third kappa shape index (κ3) is 5.55. The van der Waals surface area contributed by atoms with Gasteiger partial charge in [0.25, 0.3) is 11.8 Å². The molecule has 25 heavy (non-hydrogen) atoms. The van der Waals surface area contributed by atoms with Gasteiger partial charge in [-0.15, -0.1) is 0 Å². The highest BCUT2D eigenvalue weighted by molar-refractivity contribution is 9.10. The predicted octanol–water partition coefficient (Wildman–Crippen LogP) is 2.44. The van der Waals surface area contributed by atoms with Gasteiger partial charge in [0.2, 0.25) is 0 Å². The van der Waals surface area contributed by atoms with Gasteiger partial charge in [0.15, 0.2) is 0 Å². The standard InChI is InChI=1S/C17H14BrN3O4/c18-15-6-5-14(22)9-13(15)10-19-20-17(24)12-3-1-2-11(8-12)4-7-16(23)21-25/h1-10,22,25H,(H,20,24)(H,21,23). The minimum Gasteiger partial charge on any atom is -0.508 e. The molecule has 2 aromatic rings. The number of halogens is 1. The second-order valence-electron chi connectivity index (χ2n) is 4.84. The lowest BCUT2D eigenvalue weighted by Gasteiger charge is -2.02. The molecule has 0 saturated heterocycles. The molecule has 2 rings (SSSR count). The quantitative estimate of drug-likeness (QED) is 0.266. The van der Waals surface area contributed by atoms with Crippen LogP contribution < -0.4 is 10.9 Å². The van der Waals surface area contributed by atoms with E-state index in [0.29, 0.717) is 16.7 Å². The van der Waals surface area contributed by atoms with Crippen LogP contribution in [0.25, 0.3) is 6.08 Å². The van der Waals surface area contributed by atoms with Crippen LogP contribution in [0.4, 0.5) is 0 Å². The minimum absolute atomic E-state index is 0.0855. The first-order valence-corrected chi connectivity index (χ1v) is 7.83. The highest BCUT2D eigenvalue weighted by Gasteiger charge is 2.05. The van der Waals surface area contributed by atoms with Crippen molar-refractivity contribution < 1.29 is 19.9 Å². The van der Waals surface area contributed by atoms with Crippen molar-refractivity contribution in [2.24, 2.45) is 5.10 Å². The molecule has 0 radical (unpaired) electrons. The Balaban J connectivity index is 2.06. The van der Waals surface area contributed by atoms with Gasteiger partial charge in [-0.1, -0.05) is 28.1 Å². The van der Waals surface area contributed by atoms with Crippen LogP contribution in [0.5, 0.6) is 5.75 Å². The third-order valence-corrected chi connectivity index (χ3v) is 3.76. The van der Waals surface area contributed by atoms with Crippen LogP contribution in [0.3, 0.4) is 0 Å². The molecule has 0 atom stereocenters. The van der Waals surface area contributed by atoms with Crippen LogP contribution in [0, 0.1) is 0 Å². The first-order valence-electron chi connectivity index (χ1n) is 7.04. The van der Waals surface area contributed by atoms with E-state index in [0.717, 1.165) is 10.5 Å². The van der Waals surface area contributed by atoms with Crippen LogP contribution in [-0.2, 0) is 4.79 Å². The molecule has 0 aliphatic heterocycles. The van der Waals surface area contributed by atoms with Crippen molar-refractivity contribution in [1.82, 2.24) is 10.9 Å². The SMILES string of the molecule is O=C(C=Cc1cccc(C(=O)NN=Cc2cc(O)ccc2Br)c1)NO. The Labute approximate surface area is 151 Å². The molecule has 0 spiro atoms. The fourth-order valence-electron chi connectivity index (χ4n) is 1.85. The number of hydrogen-bond acceptors (Lipinski definition) is 5. The summed E-state index contributed by atoms with van der Waals surface area (Å²) in [7, 11) is 0. The normalized spacial score (nSPS) is 11.0. The Morgan fingerprint density at radius 2 is 1.96 bits per heavy atom. The number of hydrazone groups is 1. The summed E-state index contributed by atoms with van der Waals surface area (Å²) in [5, 5.41) is 21.7. The van der Waals surface area contributed by atoms with E-state index in [1.807, 2.05) is 0 Å². The van der Waals surface area contributed by atoms with Gasteiger partial charge in [-0.2, -0.15) is 5.10 Å². The summed E-state index contributed by atoms with van der Waals surface area (Å²) in [5.74, 6) is -1.02. The summed E-state index contributed by atoms with van der Waals surface area (Å²) in [6.07, 6.45) is 3.99. The van der Waals surface area contributed by atoms with Crippen molar-refractivity contribution in [3.8, 4) is 5.75 Å². The molecule has 128 valence electrons. The Bertz CT molecular complexity index is 850. The van der Waals surface area contributed by atoms with E-state index in [1.54, 1.807) is 30.3 Å². The van der Waals surface area contributed by atoms with Gasteiger partial charge in [0.1, 0.15) is 5.75 Å². The molecule has 0 aliphatic rings. The number of benzene rings is 2. The van der Waals surface area contributed by atoms with Crippen molar-refractivity contribution in [2.75, 3.05) is 0 Å². The van der Waals surface area contributed by atoms with Crippen molar-refractivity contribution in [3.63, 3.8) is 0 Å². The average molecular weight is 404 g/mol. The van der Waals surface area contributed by atoms with Gasteiger partial charge in [-0.05, 0) is 42.0 Å². The maximum Gasteiger partial charge on any atom is 0.271 e. The van der Waals surface area contributed by atoms with Gasteiger partial charge < -0.3 is 5.11 Å². The van der Waals surface area contributed by atoms with Crippen LogP contribution in [-0.4, -0.2) is 28.3 Å². The number of aromatic hydroxyl groups is 1. The zero-order valence-electron chi connectivity index (χ0n) is 12.8. The van der Waals surface area contributed by atoms with Gasteiger partial charge in [-0.25, -0.2) is 10.9 Å². The number of phenolic OH excluding ortho intramolecular Hbond substituents is 1. The average Bonchev–Trinajstić information content (AvgIpc) is 2.62. The van der Waals surface area contributed by atoms with Crippen molar-refractivity contribution in [3.05, 3.63) is 69.7 Å². The van der Waals surface area contributed by atoms with E-state index in [2.05, 4.69) is 26.5 Å². The molecule has 0 saturated carbocycles. The molecule has 0 aliphatic carbocycles. The Hall–Kier alpha value is -2.97. The number of nitrogens with zero attached hydrogens (tertiary/aromatic N) is 1. The second-order valence-corrected chi connectivity index (χ2v) is 5.69. The highest BCUT2D eigenvalue weighted by Crippen LogP contribution is 2.19. The van der Waals surface area contributed by atoms with Gasteiger partial charge in [0.05, 0.1) is 6.21 Å². The number of hydrogen-bond donors (Lipinski definition) is 4. The number of nitrogens with one attached hydrogen (secondary N) is 2. The summed E-state index contributed by atoms with van der Waals surface area (Å²) >= 11 is 3.31. The minimum atomic E-state index is -0.670. The van der Waals surface area contributed by atoms with E-state index in [4.69, 9.17) is 5.21 Å². The molecule has 7 nitrogen and oxygen atoms in total. The topological polar surface area (TPSA) is 111 Å². The maximum absolute atomic E-state index is 12.1. The fourth-order valence-corrected chi connectivity index (χ4v) is 2.20. The van der Waals surface area contributed by atoms with Crippen molar-refractivity contribution in [2.45, 2.75) is 0 Å². The number of phenols is 1. The number of hydroxylamine groups is 1. The molecular formula is C17H14BrN3O4. The lowest BCUT2D eigenvalue weighted by Crippen LogP contribution is -2.17. The zero-order valence-corrected chi connectivity index (χ0v) is 14.4. The third-order valence-electron chi connectivity index (χ3n) is 3.04.